The molecule has 1 fully saturated rings. The Kier molecular flexibility index (Phi) is 5.31. The highest BCUT2D eigenvalue weighted by Gasteiger charge is 2.19. The van der Waals surface area contributed by atoms with E-state index in [4.69, 9.17) is 4.74 Å². The number of hydrogen-bond donors (Lipinski definition) is 1. The first-order valence-electron chi connectivity index (χ1n) is 7.71. The van der Waals surface area contributed by atoms with Crippen molar-refractivity contribution >= 4 is 21.8 Å². The maximum absolute atomic E-state index is 11.5. The molecule has 0 spiro atoms. The largest absolute Gasteiger partial charge is 0.489 e. The number of amides is 1. The molecular weight excluding hydrogens is 356 g/mol. The van der Waals surface area contributed by atoms with E-state index >= 15 is 0 Å². The minimum Gasteiger partial charge on any atom is -0.489 e. The molecule has 1 saturated heterocycles. The van der Waals surface area contributed by atoms with E-state index in [2.05, 4.69) is 21.4 Å². The van der Waals surface area contributed by atoms with Crippen molar-refractivity contribution in [2.75, 3.05) is 6.54 Å². The summed E-state index contributed by atoms with van der Waals surface area (Å²) in [7, 11) is 0. The van der Waals surface area contributed by atoms with Gasteiger partial charge in [-0.15, -0.1) is 0 Å². The molecule has 4 nitrogen and oxygen atoms in total. The predicted molar refractivity (Wildman–Crippen MR) is 92.7 cm³/mol. The molecule has 0 unspecified atom stereocenters. The molecular formula is C18H19BrN2O2. The van der Waals surface area contributed by atoms with Gasteiger partial charge in [-0.25, -0.2) is 5.43 Å². The Hall–Kier alpha value is -1.85. The van der Waals surface area contributed by atoms with Crippen molar-refractivity contribution < 1.29 is 9.53 Å². The zero-order valence-electron chi connectivity index (χ0n) is 12.8. The lowest BCUT2D eigenvalue weighted by atomic mass is 10.2. The molecule has 0 atom stereocenters. The molecule has 1 heterocycles. The number of ether oxygens (including phenoxy) is 1. The number of carbonyl (C=O) groups is 1. The Morgan fingerprint density at radius 2 is 1.96 bits per heavy atom. The van der Waals surface area contributed by atoms with Gasteiger partial charge in [0.05, 0.1) is 0 Å². The molecule has 120 valence electrons. The van der Waals surface area contributed by atoms with Gasteiger partial charge in [0.15, 0.2) is 0 Å². The van der Waals surface area contributed by atoms with Crippen LogP contribution in [0, 0.1) is 0 Å². The van der Waals surface area contributed by atoms with E-state index in [9.17, 15) is 4.79 Å². The third-order valence-corrected chi connectivity index (χ3v) is 4.26. The summed E-state index contributed by atoms with van der Waals surface area (Å²) < 4.78 is 6.84. The summed E-state index contributed by atoms with van der Waals surface area (Å²) in [6.45, 7) is 1.99. The van der Waals surface area contributed by atoms with Crippen LogP contribution in [0.25, 0.3) is 0 Å². The fraction of sp³-hybridized carbons (Fsp3) is 0.278. The molecule has 5 heteroatoms. The fourth-order valence-corrected chi connectivity index (χ4v) is 2.95. The van der Waals surface area contributed by atoms with Crippen LogP contribution in [-0.2, 0) is 17.9 Å². The van der Waals surface area contributed by atoms with Gasteiger partial charge in [-0.3, -0.25) is 9.80 Å². The first-order chi connectivity index (χ1) is 11.2. The quantitative estimate of drug-likeness (QED) is 0.838. The van der Waals surface area contributed by atoms with E-state index in [1.807, 2.05) is 48.5 Å². The summed E-state index contributed by atoms with van der Waals surface area (Å²) in [5.74, 6) is 1.02. The average Bonchev–Trinajstić information content (AvgIpc) is 2.97. The summed E-state index contributed by atoms with van der Waals surface area (Å²) in [5.41, 5.74) is 5.42. The molecule has 0 saturated carbocycles. The van der Waals surface area contributed by atoms with E-state index in [-0.39, 0.29) is 5.91 Å². The van der Waals surface area contributed by atoms with Gasteiger partial charge < -0.3 is 4.74 Å². The summed E-state index contributed by atoms with van der Waals surface area (Å²) >= 11 is 3.46. The van der Waals surface area contributed by atoms with E-state index < -0.39 is 0 Å². The second-order valence-electron chi connectivity index (χ2n) is 5.55. The highest BCUT2D eigenvalue weighted by molar-refractivity contribution is 9.10. The summed E-state index contributed by atoms with van der Waals surface area (Å²) in [4.78, 5) is 11.5. The zero-order valence-corrected chi connectivity index (χ0v) is 14.4. The van der Waals surface area contributed by atoms with Crippen LogP contribution in [0.2, 0.25) is 0 Å². The van der Waals surface area contributed by atoms with Gasteiger partial charge in [0.25, 0.3) is 0 Å². The van der Waals surface area contributed by atoms with Crippen molar-refractivity contribution in [2.45, 2.75) is 26.0 Å². The van der Waals surface area contributed by atoms with Crippen LogP contribution >= 0.6 is 15.9 Å². The number of nitrogens with zero attached hydrogens (tertiary/aromatic N) is 1. The van der Waals surface area contributed by atoms with Gasteiger partial charge in [0.2, 0.25) is 5.91 Å². The van der Waals surface area contributed by atoms with E-state index in [0.29, 0.717) is 19.6 Å². The predicted octanol–water partition coefficient (Wildman–Crippen LogP) is 3.66. The molecule has 1 aliphatic rings. The van der Waals surface area contributed by atoms with Gasteiger partial charge in [-0.05, 0) is 41.8 Å². The fourth-order valence-electron chi connectivity index (χ4n) is 2.50. The number of hydrazine groups is 1. The molecule has 2 aromatic rings. The SMILES string of the molecule is O=C1CCCN1NCc1ccc(OCc2cccc(Br)c2)cc1. The summed E-state index contributed by atoms with van der Waals surface area (Å²) in [5, 5.41) is 1.71. The van der Waals surface area contributed by atoms with E-state index in [0.717, 1.165) is 34.3 Å². The van der Waals surface area contributed by atoms with Crippen LogP contribution in [-0.4, -0.2) is 17.5 Å². The van der Waals surface area contributed by atoms with Crippen molar-refractivity contribution in [2.24, 2.45) is 0 Å². The number of halogens is 1. The minimum atomic E-state index is 0.180. The van der Waals surface area contributed by atoms with E-state index in [1.54, 1.807) is 5.01 Å². The number of rotatable bonds is 6. The maximum atomic E-state index is 11.5. The van der Waals surface area contributed by atoms with Crippen molar-refractivity contribution in [1.29, 1.82) is 0 Å². The Balaban J connectivity index is 1.49. The lowest BCUT2D eigenvalue weighted by Gasteiger charge is -2.17. The molecule has 0 aliphatic carbocycles. The van der Waals surface area contributed by atoms with Gasteiger partial charge >= 0.3 is 0 Å². The zero-order chi connectivity index (χ0) is 16.1. The third-order valence-electron chi connectivity index (χ3n) is 3.77. The lowest BCUT2D eigenvalue weighted by molar-refractivity contribution is -0.130. The molecule has 0 radical (unpaired) electrons. The van der Waals surface area contributed by atoms with Crippen LogP contribution in [0.5, 0.6) is 5.75 Å². The van der Waals surface area contributed by atoms with Crippen molar-refractivity contribution in [3.63, 3.8) is 0 Å². The van der Waals surface area contributed by atoms with Crippen LogP contribution in [0.4, 0.5) is 0 Å². The van der Waals surface area contributed by atoms with Crippen molar-refractivity contribution in [1.82, 2.24) is 10.4 Å². The Morgan fingerprint density at radius 3 is 2.65 bits per heavy atom. The Labute approximate surface area is 144 Å². The number of nitrogens with one attached hydrogen (secondary N) is 1. The van der Waals surface area contributed by atoms with Gasteiger partial charge in [-0.1, -0.05) is 40.2 Å². The van der Waals surface area contributed by atoms with Crippen LogP contribution in [0.15, 0.2) is 53.0 Å². The standard InChI is InChI=1S/C18H19BrN2O2/c19-16-4-1-3-15(11-16)13-23-17-8-6-14(7-9-17)12-20-21-10-2-5-18(21)22/h1,3-4,6-9,11,20H,2,5,10,12-13H2. The van der Waals surface area contributed by atoms with Crippen molar-refractivity contribution in [3.8, 4) is 5.75 Å². The minimum absolute atomic E-state index is 0.180. The Bertz CT molecular complexity index is 673. The normalized spacial score (nSPS) is 14.3. The molecule has 2 aromatic carbocycles. The molecule has 1 amide bonds. The van der Waals surface area contributed by atoms with Gasteiger partial charge in [0, 0.05) is 24.0 Å². The Morgan fingerprint density at radius 1 is 1.13 bits per heavy atom. The van der Waals surface area contributed by atoms with Crippen LogP contribution in [0.1, 0.15) is 24.0 Å². The van der Waals surface area contributed by atoms with Crippen molar-refractivity contribution in [3.05, 3.63) is 64.1 Å². The second-order valence-corrected chi connectivity index (χ2v) is 6.46. The summed E-state index contributed by atoms with van der Waals surface area (Å²) in [6.07, 6.45) is 1.59. The number of benzene rings is 2. The first kappa shape index (κ1) is 16.0. The third kappa shape index (κ3) is 4.56. The highest BCUT2D eigenvalue weighted by Crippen LogP contribution is 2.17. The smallest absolute Gasteiger partial charge is 0.236 e. The highest BCUT2D eigenvalue weighted by atomic mass is 79.9. The number of carbonyl (C=O) groups excluding carboxylic acids is 1. The first-order valence-corrected chi connectivity index (χ1v) is 8.50. The molecule has 0 bridgehead atoms. The molecule has 3 rings (SSSR count). The topological polar surface area (TPSA) is 41.6 Å². The molecule has 0 aromatic heterocycles. The van der Waals surface area contributed by atoms with Gasteiger partial charge in [0.1, 0.15) is 12.4 Å². The molecule has 1 N–H and O–H groups in total. The average molecular weight is 375 g/mol. The monoisotopic (exact) mass is 374 g/mol. The molecule has 23 heavy (non-hydrogen) atoms. The van der Waals surface area contributed by atoms with E-state index in [1.165, 1.54) is 0 Å². The summed E-state index contributed by atoms with van der Waals surface area (Å²) in [6, 6.07) is 16.0. The maximum Gasteiger partial charge on any atom is 0.236 e. The second kappa shape index (κ2) is 7.62. The molecule has 1 aliphatic heterocycles. The van der Waals surface area contributed by atoms with Gasteiger partial charge in [-0.2, -0.15) is 0 Å². The van der Waals surface area contributed by atoms with Crippen LogP contribution < -0.4 is 10.2 Å². The number of hydrogen-bond acceptors (Lipinski definition) is 3. The van der Waals surface area contributed by atoms with Crippen LogP contribution in [0.3, 0.4) is 0 Å². The lowest BCUT2D eigenvalue weighted by Crippen LogP contribution is -2.38.